The highest BCUT2D eigenvalue weighted by Crippen LogP contribution is 2.35. The summed E-state index contributed by atoms with van der Waals surface area (Å²) in [7, 11) is 1.60. The van der Waals surface area contributed by atoms with Crippen molar-refractivity contribution in [2.24, 2.45) is 0 Å². The van der Waals surface area contributed by atoms with E-state index in [1.165, 1.54) is 15.4 Å². The average Bonchev–Trinajstić information content (AvgIpc) is 3.14. The molecule has 1 saturated heterocycles. The number of aryl methyl sites for hydroxylation is 3. The molecule has 0 unspecified atom stereocenters. The van der Waals surface area contributed by atoms with Crippen molar-refractivity contribution in [2.75, 3.05) is 7.11 Å². The lowest BCUT2D eigenvalue weighted by molar-refractivity contribution is -0.122. The first kappa shape index (κ1) is 25.7. The average molecular weight is 544 g/mol. The lowest BCUT2D eigenvalue weighted by atomic mass is 10.1. The van der Waals surface area contributed by atoms with E-state index in [1.807, 2.05) is 69.3 Å². The van der Waals surface area contributed by atoms with E-state index < -0.39 is 0 Å². The molecule has 0 N–H and O–H groups in total. The normalized spacial score (nSPS) is 14.5. The Labute approximate surface area is 229 Å². The van der Waals surface area contributed by atoms with Crippen LogP contribution in [-0.2, 0) is 11.3 Å². The van der Waals surface area contributed by atoms with E-state index in [9.17, 15) is 9.59 Å². The first-order chi connectivity index (χ1) is 18.2. The van der Waals surface area contributed by atoms with E-state index in [0.29, 0.717) is 27.2 Å². The summed E-state index contributed by atoms with van der Waals surface area (Å²) >= 11 is 6.68. The first-order valence-electron chi connectivity index (χ1n) is 11.9. The van der Waals surface area contributed by atoms with E-state index in [2.05, 4.69) is 0 Å². The van der Waals surface area contributed by atoms with Crippen LogP contribution in [0.4, 0.5) is 0 Å². The second-order valence-corrected chi connectivity index (χ2v) is 10.7. The molecule has 0 saturated carbocycles. The number of rotatable bonds is 6. The number of benzene rings is 2. The van der Waals surface area contributed by atoms with Crippen LogP contribution < -0.4 is 15.0 Å². The van der Waals surface area contributed by atoms with E-state index in [0.717, 1.165) is 39.8 Å². The monoisotopic (exact) mass is 543 g/mol. The van der Waals surface area contributed by atoms with E-state index in [-0.39, 0.29) is 22.9 Å². The summed E-state index contributed by atoms with van der Waals surface area (Å²) in [6.45, 7) is 6.14. The third kappa shape index (κ3) is 5.07. The van der Waals surface area contributed by atoms with E-state index in [1.54, 1.807) is 19.4 Å². The molecule has 1 amide bonds. The molecule has 192 valence electrons. The number of hydrogen-bond acceptors (Lipinski definition) is 7. The van der Waals surface area contributed by atoms with Crippen LogP contribution >= 0.6 is 24.0 Å². The second-order valence-electron chi connectivity index (χ2n) is 9.06. The fraction of sp³-hybridized carbons (Fsp3) is 0.172. The molecule has 4 aromatic rings. The van der Waals surface area contributed by atoms with Gasteiger partial charge in [-0.1, -0.05) is 48.2 Å². The Bertz CT molecular complexity index is 1660. The summed E-state index contributed by atoms with van der Waals surface area (Å²) in [4.78, 5) is 33.6. The maximum absolute atomic E-state index is 13.7. The molecule has 0 bridgehead atoms. The van der Waals surface area contributed by atoms with Gasteiger partial charge in [0.25, 0.3) is 11.5 Å². The Morgan fingerprint density at radius 2 is 1.71 bits per heavy atom. The highest BCUT2D eigenvalue weighted by Gasteiger charge is 2.33. The predicted octanol–water partition coefficient (Wildman–Crippen LogP) is 5.82. The fourth-order valence-electron chi connectivity index (χ4n) is 4.28. The fourth-order valence-corrected chi connectivity index (χ4v) is 5.51. The van der Waals surface area contributed by atoms with Crippen molar-refractivity contribution in [3.05, 3.63) is 104 Å². The number of amides is 1. The van der Waals surface area contributed by atoms with Gasteiger partial charge >= 0.3 is 0 Å². The minimum absolute atomic E-state index is 0.134. The van der Waals surface area contributed by atoms with Crippen molar-refractivity contribution >= 4 is 45.9 Å². The Morgan fingerprint density at radius 3 is 2.39 bits per heavy atom. The summed E-state index contributed by atoms with van der Waals surface area (Å²) in [5.74, 6) is 1.15. The topological polar surface area (TPSA) is 73.1 Å². The third-order valence-corrected chi connectivity index (χ3v) is 7.49. The molecule has 9 heteroatoms. The number of pyridine rings is 1. The molecule has 0 atom stereocenters. The zero-order valence-electron chi connectivity index (χ0n) is 21.3. The Hall–Kier alpha value is -3.95. The van der Waals surface area contributed by atoms with Gasteiger partial charge in [0.1, 0.15) is 27.0 Å². The molecule has 1 aliphatic rings. The summed E-state index contributed by atoms with van der Waals surface area (Å²) in [5, 5.41) is 0. The van der Waals surface area contributed by atoms with Crippen molar-refractivity contribution in [3.8, 4) is 17.4 Å². The van der Waals surface area contributed by atoms with Gasteiger partial charge < -0.3 is 9.47 Å². The molecular weight excluding hydrogens is 518 g/mol. The number of thiocarbonyl (C=S) groups is 1. The number of nitrogens with zero attached hydrogens (tertiary/aromatic N) is 3. The molecule has 0 aliphatic carbocycles. The molecule has 0 spiro atoms. The van der Waals surface area contributed by atoms with E-state index in [4.69, 9.17) is 26.7 Å². The van der Waals surface area contributed by atoms with Crippen LogP contribution in [0.2, 0.25) is 0 Å². The number of fused-ring (bicyclic) bond motifs is 1. The van der Waals surface area contributed by atoms with Crippen LogP contribution in [0.1, 0.15) is 27.8 Å². The van der Waals surface area contributed by atoms with Crippen molar-refractivity contribution in [1.82, 2.24) is 14.3 Å². The summed E-state index contributed by atoms with van der Waals surface area (Å²) in [6, 6.07) is 16.9. The van der Waals surface area contributed by atoms with Crippen LogP contribution in [0, 0.1) is 20.8 Å². The summed E-state index contributed by atoms with van der Waals surface area (Å²) in [5.41, 5.74) is 4.11. The molecule has 2 aromatic heterocycles. The molecule has 38 heavy (non-hydrogen) atoms. The predicted molar refractivity (Wildman–Crippen MR) is 154 cm³/mol. The van der Waals surface area contributed by atoms with Gasteiger partial charge in [-0.3, -0.25) is 18.9 Å². The third-order valence-electron chi connectivity index (χ3n) is 6.11. The number of thioether (sulfide) groups is 1. The minimum Gasteiger partial charge on any atom is -0.497 e. The standard InChI is InChI=1S/C29H25N3O4S2/c1-17-12-18(2)14-22(13-17)36-26-23(27(33)31-11-5-6-19(3)25(31)30-26)15-24-28(34)32(29(37)38-24)16-20-7-9-21(35-4)10-8-20/h5-15H,16H2,1-4H3/b24-15+. The SMILES string of the molecule is COc1ccc(CN2C(=O)/C(=C\c3c(Oc4cc(C)cc(C)c4)nc4c(C)cccn4c3=O)SC2=S)cc1. The molecule has 0 radical (unpaired) electrons. The number of methoxy groups -OCH3 is 1. The molecule has 2 aromatic carbocycles. The largest absolute Gasteiger partial charge is 0.497 e. The zero-order chi connectivity index (χ0) is 27.0. The maximum Gasteiger partial charge on any atom is 0.269 e. The van der Waals surface area contributed by atoms with Gasteiger partial charge in [-0.05, 0) is 79.4 Å². The summed E-state index contributed by atoms with van der Waals surface area (Å²) in [6.07, 6.45) is 3.19. The molecule has 1 aliphatic heterocycles. The lowest BCUT2D eigenvalue weighted by Crippen LogP contribution is -2.27. The number of carbonyl (C=O) groups excluding carboxylic acids is 1. The van der Waals surface area contributed by atoms with Crippen molar-refractivity contribution in [2.45, 2.75) is 27.3 Å². The Balaban J connectivity index is 1.56. The van der Waals surface area contributed by atoms with Gasteiger partial charge in [0.2, 0.25) is 5.88 Å². The molecule has 7 nitrogen and oxygen atoms in total. The smallest absolute Gasteiger partial charge is 0.269 e. The molecule has 3 heterocycles. The highest BCUT2D eigenvalue weighted by molar-refractivity contribution is 8.26. The number of ether oxygens (including phenoxy) is 2. The van der Waals surface area contributed by atoms with Crippen molar-refractivity contribution < 1.29 is 14.3 Å². The number of hydrogen-bond donors (Lipinski definition) is 0. The number of aromatic nitrogens is 2. The first-order valence-corrected chi connectivity index (χ1v) is 13.1. The molecule has 5 rings (SSSR count). The van der Waals surface area contributed by atoms with Crippen LogP contribution in [0.25, 0.3) is 11.7 Å². The Kier molecular flexibility index (Phi) is 7.05. The van der Waals surface area contributed by atoms with Crippen LogP contribution in [0.3, 0.4) is 0 Å². The van der Waals surface area contributed by atoms with E-state index >= 15 is 0 Å². The van der Waals surface area contributed by atoms with Crippen LogP contribution in [0.5, 0.6) is 17.4 Å². The van der Waals surface area contributed by atoms with Gasteiger partial charge in [-0.15, -0.1) is 0 Å². The number of carbonyl (C=O) groups is 1. The van der Waals surface area contributed by atoms with Gasteiger partial charge in [0, 0.05) is 6.20 Å². The lowest BCUT2D eigenvalue weighted by Gasteiger charge is -2.15. The van der Waals surface area contributed by atoms with Crippen molar-refractivity contribution in [1.29, 1.82) is 0 Å². The zero-order valence-corrected chi connectivity index (χ0v) is 23.0. The minimum atomic E-state index is -0.335. The molecule has 1 fully saturated rings. The van der Waals surface area contributed by atoms with Crippen molar-refractivity contribution in [3.63, 3.8) is 0 Å². The molecular formula is C29H25N3O4S2. The quantitative estimate of drug-likeness (QED) is 0.224. The van der Waals surface area contributed by atoms with Gasteiger partial charge in [0.15, 0.2) is 0 Å². The van der Waals surface area contributed by atoms with Crippen LogP contribution in [-0.4, -0.2) is 31.6 Å². The van der Waals surface area contributed by atoms with Crippen LogP contribution in [0.15, 0.2) is 70.5 Å². The van der Waals surface area contributed by atoms with Gasteiger partial charge in [0.05, 0.1) is 18.6 Å². The van der Waals surface area contributed by atoms with Gasteiger partial charge in [-0.2, -0.15) is 4.98 Å². The second kappa shape index (κ2) is 10.4. The summed E-state index contributed by atoms with van der Waals surface area (Å²) < 4.78 is 13.3. The van der Waals surface area contributed by atoms with Gasteiger partial charge in [-0.25, -0.2) is 0 Å². The maximum atomic E-state index is 13.7. The highest BCUT2D eigenvalue weighted by atomic mass is 32.2. The Morgan fingerprint density at radius 1 is 1.00 bits per heavy atom.